The number of hydrogen-bond acceptors (Lipinski definition) is 3. The van der Waals surface area contributed by atoms with Crippen LogP contribution in [0.25, 0.3) is 0 Å². The molecular formula is C13H13F3N2O2. The first-order valence-electron chi connectivity index (χ1n) is 6.01. The Balaban J connectivity index is 1.86. The van der Waals surface area contributed by atoms with Crippen molar-refractivity contribution in [2.45, 2.75) is 19.2 Å². The highest BCUT2D eigenvalue weighted by molar-refractivity contribution is 5.88. The van der Waals surface area contributed by atoms with Crippen LogP contribution in [0.1, 0.15) is 12.5 Å². The lowest BCUT2D eigenvalue weighted by atomic mass is 10.1. The molecule has 0 bridgehead atoms. The molecule has 0 aliphatic carbocycles. The molecule has 1 saturated heterocycles. The van der Waals surface area contributed by atoms with Crippen molar-refractivity contribution in [1.29, 1.82) is 0 Å². The minimum Gasteiger partial charge on any atom is -0.471 e. The summed E-state index contributed by atoms with van der Waals surface area (Å²) in [5, 5.41) is 0. The number of hydrogen-bond donors (Lipinski definition) is 0. The molecule has 1 aromatic heterocycles. The zero-order valence-corrected chi connectivity index (χ0v) is 10.7. The second-order valence-electron chi connectivity index (χ2n) is 4.37. The fourth-order valence-corrected chi connectivity index (χ4v) is 1.73. The molecule has 1 aliphatic rings. The molecule has 0 unspecified atom stereocenters. The van der Waals surface area contributed by atoms with Gasteiger partial charge in [-0.1, -0.05) is 6.08 Å². The van der Waals surface area contributed by atoms with E-state index in [1.54, 1.807) is 17.9 Å². The van der Waals surface area contributed by atoms with E-state index in [0.717, 1.165) is 12.3 Å². The summed E-state index contributed by atoms with van der Waals surface area (Å²) < 4.78 is 42.4. The number of allylic oxidation sites excluding steroid dienone is 1. The largest absolute Gasteiger partial charge is 0.471 e. The predicted octanol–water partition coefficient (Wildman–Crippen LogP) is 2.27. The van der Waals surface area contributed by atoms with Crippen molar-refractivity contribution in [3.63, 3.8) is 0 Å². The van der Waals surface area contributed by atoms with Gasteiger partial charge in [-0.25, -0.2) is 4.98 Å². The number of pyridine rings is 1. The number of carbonyl (C=O) groups is 1. The Labute approximate surface area is 113 Å². The van der Waals surface area contributed by atoms with Crippen LogP contribution in [0, 0.1) is 0 Å². The first-order chi connectivity index (χ1) is 9.40. The van der Waals surface area contributed by atoms with Gasteiger partial charge in [0.05, 0.1) is 18.7 Å². The van der Waals surface area contributed by atoms with E-state index in [9.17, 15) is 18.0 Å². The number of ether oxygens (including phenoxy) is 1. The van der Waals surface area contributed by atoms with Crippen molar-refractivity contribution >= 4 is 5.91 Å². The molecule has 1 amide bonds. The van der Waals surface area contributed by atoms with Gasteiger partial charge < -0.3 is 9.64 Å². The van der Waals surface area contributed by atoms with Crippen molar-refractivity contribution in [2.24, 2.45) is 0 Å². The summed E-state index contributed by atoms with van der Waals surface area (Å²) in [6, 6.07) is 2.10. The number of nitrogens with zero attached hydrogens (tertiary/aromatic N) is 2. The fraction of sp³-hybridized carbons (Fsp3) is 0.385. The zero-order valence-electron chi connectivity index (χ0n) is 10.7. The maximum absolute atomic E-state index is 12.3. The van der Waals surface area contributed by atoms with Crippen molar-refractivity contribution in [3.05, 3.63) is 36.0 Å². The van der Waals surface area contributed by atoms with Gasteiger partial charge in [0, 0.05) is 12.3 Å². The molecule has 0 N–H and O–H groups in total. The highest BCUT2D eigenvalue weighted by atomic mass is 19.4. The Morgan fingerprint density at radius 3 is 2.65 bits per heavy atom. The Kier molecular flexibility index (Phi) is 3.96. The predicted molar refractivity (Wildman–Crippen MR) is 65.0 cm³/mol. The normalized spacial score (nSPS) is 16.3. The number of halogens is 3. The van der Waals surface area contributed by atoms with Gasteiger partial charge in [-0.05, 0) is 19.1 Å². The standard InChI is InChI=1S/C13H13F3N2O2/c1-2-3-12(19)18-7-10(8-18)20-11-5-4-9(6-17-11)13(14,15)16/h2-6,10H,7-8H2,1H3/b3-2+. The molecule has 1 aliphatic heterocycles. The SMILES string of the molecule is C/C=C/C(=O)N1CC(Oc2ccc(C(F)(F)F)cn2)C1. The fourth-order valence-electron chi connectivity index (χ4n) is 1.73. The van der Waals surface area contributed by atoms with Crippen LogP contribution in [0.15, 0.2) is 30.5 Å². The van der Waals surface area contributed by atoms with Crippen LogP contribution in [-0.2, 0) is 11.0 Å². The maximum Gasteiger partial charge on any atom is 0.417 e. The van der Waals surface area contributed by atoms with E-state index in [1.807, 2.05) is 0 Å². The summed E-state index contributed by atoms with van der Waals surface area (Å²) >= 11 is 0. The molecule has 7 heteroatoms. The minimum atomic E-state index is -4.41. The highest BCUT2D eigenvalue weighted by Gasteiger charge is 2.33. The summed E-state index contributed by atoms with van der Waals surface area (Å²) in [5.74, 6) is 0.0221. The second kappa shape index (κ2) is 5.52. The molecule has 0 saturated carbocycles. The highest BCUT2D eigenvalue weighted by Crippen LogP contribution is 2.29. The lowest BCUT2D eigenvalue weighted by Crippen LogP contribution is -2.55. The third-order valence-corrected chi connectivity index (χ3v) is 2.82. The number of amides is 1. The third kappa shape index (κ3) is 3.28. The summed E-state index contributed by atoms with van der Waals surface area (Å²) in [7, 11) is 0. The van der Waals surface area contributed by atoms with E-state index in [1.165, 1.54) is 12.1 Å². The van der Waals surface area contributed by atoms with E-state index < -0.39 is 11.7 Å². The molecule has 0 spiro atoms. The van der Waals surface area contributed by atoms with Crippen LogP contribution in [-0.4, -0.2) is 35.0 Å². The van der Waals surface area contributed by atoms with Crippen molar-refractivity contribution in [3.8, 4) is 5.88 Å². The molecule has 4 nitrogen and oxygen atoms in total. The van der Waals surface area contributed by atoms with Gasteiger partial charge in [0.25, 0.3) is 0 Å². The van der Waals surface area contributed by atoms with Gasteiger partial charge in [0.2, 0.25) is 11.8 Å². The van der Waals surface area contributed by atoms with Crippen LogP contribution < -0.4 is 4.74 Å². The number of likely N-dealkylation sites (tertiary alicyclic amines) is 1. The Hall–Kier alpha value is -2.05. The van der Waals surface area contributed by atoms with Gasteiger partial charge in [-0.15, -0.1) is 0 Å². The summed E-state index contributed by atoms with van der Waals surface area (Å²) in [5.41, 5.74) is -0.816. The number of alkyl halides is 3. The average Bonchev–Trinajstić information content (AvgIpc) is 2.33. The van der Waals surface area contributed by atoms with Crippen molar-refractivity contribution < 1.29 is 22.7 Å². The minimum absolute atomic E-state index is 0.104. The Morgan fingerprint density at radius 2 is 2.15 bits per heavy atom. The van der Waals surface area contributed by atoms with E-state index >= 15 is 0 Å². The molecule has 2 rings (SSSR count). The zero-order chi connectivity index (χ0) is 14.8. The molecule has 0 aromatic carbocycles. The van der Waals surface area contributed by atoms with Crippen LogP contribution in [0.3, 0.4) is 0 Å². The van der Waals surface area contributed by atoms with E-state index in [2.05, 4.69) is 4.98 Å². The number of aromatic nitrogens is 1. The van der Waals surface area contributed by atoms with Crippen LogP contribution >= 0.6 is 0 Å². The summed E-state index contributed by atoms with van der Waals surface area (Å²) in [6.45, 7) is 2.57. The van der Waals surface area contributed by atoms with Crippen LogP contribution in [0.4, 0.5) is 13.2 Å². The van der Waals surface area contributed by atoms with Crippen LogP contribution in [0.5, 0.6) is 5.88 Å². The second-order valence-corrected chi connectivity index (χ2v) is 4.37. The topological polar surface area (TPSA) is 42.4 Å². The smallest absolute Gasteiger partial charge is 0.417 e. The monoisotopic (exact) mass is 286 g/mol. The molecule has 1 fully saturated rings. The molecule has 2 heterocycles. The number of rotatable bonds is 3. The van der Waals surface area contributed by atoms with Crippen molar-refractivity contribution in [1.82, 2.24) is 9.88 Å². The lowest BCUT2D eigenvalue weighted by molar-refractivity contribution is -0.138. The lowest BCUT2D eigenvalue weighted by Gasteiger charge is -2.38. The van der Waals surface area contributed by atoms with E-state index in [0.29, 0.717) is 13.1 Å². The Morgan fingerprint density at radius 1 is 1.45 bits per heavy atom. The van der Waals surface area contributed by atoms with Gasteiger partial charge >= 0.3 is 6.18 Å². The van der Waals surface area contributed by atoms with Gasteiger partial charge in [-0.2, -0.15) is 13.2 Å². The van der Waals surface area contributed by atoms with E-state index in [-0.39, 0.29) is 17.9 Å². The summed E-state index contributed by atoms with van der Waals surface area (Å²) in [4.78, 5) is 16.6. The Bertz CT molecular complexity index is 505. The molecule has 20 heavy (non-hydrogen) atoms. The van der Waals surface area contributed by atoms with Crippen LogP contribution in [0.2, 0.25) is 0 Å². The maximum atomic E-state index is 12.3. The molecule has 0 atom stereocenters. The first-order valence-corrected chi connectivity index (χ1v) is 6.01. The van der Waals surface area contributed by atoms with Gasteiger partial charge in [-0.3, -0.25) is 4.79 Å². The average molecular weight is 286 g/mol. The number of carbonyl (C=O) groups excluding carboxylic acids is 1. The molecular weight excluding hydrogens is 273 g/mol. The quantitative estimate of drug-likeness (QED) is 0.800. The molecule has 108 valence electrons. The third-order valence-electron chi connectivity index (χ3n) is 2.82. The van der Waals surface area contributed by atoms with E-state index in [4.69, 9.17) is 4.74 Å². The first kappa shape index (κ1) is 14.4. The summed E-state index contributed by atoms with van der Waals surface area (Å²) in [6.07, 6.45) is -0.803. The van der Waals surface area contributed by atoms with Gasteiger partial charge in [0.15, 0.2) is 0 Å². The van der Waals surface area contributed by atoms with Crippen molar-refractivity contribution in [2.75, 3.05) is 13.1 Å². The molecule has 0 radical (unpaired) electrons. The van der Waals surface area contributed by atoms with Gasteiger partial charge in [0.1, 0.15) is 6.10 Å². The molecule has 1 aromatic rings.